The summed E-state index contributed by atoms with van der Waals surface area (Å²) in [7, 11) is 2.83. The van der Waals surface area contributed by atoms with E-state index >= 15 is 0 Å². The van der Waals surface area contributed by atoms with E-state index in [1.54, 1.807) is 11.8 Å². The lowest BCUT2D eigenvalue weighted by atomic mass is 10.1. The molecule has 4 nitrogen and oxygen atoms in total. The maximum atomic E-state index is 11.3. The van der Waals surface area contributed by atoms with Crippen molar-refractivity contribution in [3.05, 3.63) is 42.5 Å². The lowest BCUT2D eigenvalue weighted by Gasteiger charge is -2.06. The van der Waals surface area contributed by atoms with Gasteiger partial charge in [-0.3, -0.25) is 4.79 Å². The Morgan fingerprint density at radius 3 is 2.62 bits per heavy atom. The third-order valence-electron chi connectivity index (χ3n) is 2.92. The molecule has 0 radical (unpaired) electrons. The number of carbonyl (C=O) groups is 1. The molecular formula is C16H17NO3S. The number of ether oxygens (including phenoxy) is 1. The highest BCUT2D eigenvalue weighted by Crippen LogP contribution is 2.24. The van der Waals surface area contributed by atoms with Gasteiger partial charge in [0.15, 0.2) is 0 Å². The van der Waals surface area contributed by atoms with Gasteiger partial charge in [-0.25, -0.2) is 0 Å². The Morgan fingerprint density at radius 2 is 1.90 bits per heavy atom. The van der Waals surface area contributed by atoms with Gasteiger partial charge in [0.05, 0.1) is 19.2 Å². The summed E-state index contributed by atoms with van der Waals surface area (Å²) in [5.74, 6) is 0.270. The van der Waals surface area contributed by atoms with Gasteiger partial charge in [0.1, 0.15) is 7.11 Å². The summed E-state index contributed by atoms with van der Waals surface area (Å²) in [5, 5.41) is 6.29. The molecule has 2 aromatic carbocycles. The largest absolute Gasteiger partial charge is 0.469 e. The van der Waals surface area contributed by atoms with Crippen LogP contribution < -0.4 is 0 Å². The fourth-order valence-corrected chi connectivity index (χ4v) is 2.76. The second-order valence-electron chi connectivity index (χ2n) is 4.39. The summed E-state index contributed by atoms with van der Waals surface area (Å²) in [6.07, 6.45) is 0.144. The molecule has 0 unspecified atom stereocenters. The predicted octanol–water partition coefficient (Wildman–Crippen LogP) is 3.50. The van der Waals surface area contributed by atoms with Crippen molar-refractivity contribution in [3.8, 4) is 0 Å². The van der Waals surface area contributed by atoms with Crippen molar-refractivity contribution in [1.29, 1.82) is 0 Å². The van der Waals surface area contributed by atoms with Gasteiger partial charge < -0.3 is 9.57 Å². The Bertz CT molecular complexity index is 655. The van der Waals surface area contributed by atoms with Crippen LogP contribution in [0.4, 0.5) is 0 Å². The van der Waals surface area contributed by atoms with Crippen LogP contribution >= 0.6 is 11.8 Å². The van der Waals surface area contributed by atoms with Gasteiger partial charge in [-0.2, -0.15) is 0 Å². The van der Waals surface area contributed by atoms with Crippen LogP contribution in [0.2, 0.25) is 0 Å². The molecule has 0 heterocycles. The predicted molar refractivity (Wildman–Crippen MR) is 85.7 cm³/mol. The third kappa shape index (κ3) is 4.49. The van der Waals surface area contributed by atoms with Crippen LogP contribution in [0, 0.1) is 0 Å². The molecule has 0 aliphatic heterocycles. The molecule has 110 valence electrons. The molecule has 0 saturated heterocycles. The van der Waals surface area contributed by atoms with E-state index in [2.05, 4.69) is 40.2 Å². The maximum absolute atomic E-state index is 11.3. The normalized spacial score (nSPS) is 11.4. The number of benzene rings is 2. The minimum absolute atomic E-state index is 0.144. The van der Waals surface area contributed by atoms with Gasteiger partial charge in [0.25, 0.3) is 0 Å². The van der Waals surface area contributed by atoms with Gasteiger partial charge in [0, 0.05) is 10.6 Å². The highest BCUT2D eigenvalue weighted by molar-refractivity contribution is 8.00. The van der Waals surface area contributed by atoms with E-state index in [9.17, 15) is 4.79 Å². The summed E-state index contributed by atoms with van der Waals surface area (Å²) in [4.78, 5) is 17.2. The van der Waals surface area contributed by atoms with E-state index in [0.717, 1.165) is 4.90 Å². The number of thioether (sulfide) groups is 1. The first-order valence-electron chi connectivity index (χ1n) is 6.50. The number of nitrogens with zero attached hydrogens (tertiary/aromatic N) is 1. The van der Waals surface area contributed by atoms with E-state index in [0.29, 0.717) is 11.5 Å². The molecule has 0 N–H and O–H groups in total. The van der Waals surface area contributed by atoms with E-state index in [-0.39, 0.29) is 12.4 Å². The smallest absolute Gasteiger partial charge is 0.311 e. The molecule has 0 saturated carbocycles. The number of rotatable bonds is 6. The van der Waals surface area contributed by atoms with Crippen LogP contribution in [0.3, 0.4) is 0 Å². The van der Waals surface area contributed by atoms with Crippen LogP contribution in [0.1, 0.15) is 6.42 Å². The Labute approximate surface area is 128 Å². The molecular weight excluding hydrogens is 286 g/mol. The first-order valence-corrected chi connectivity index (χ1v) is 7.49. The number of hydrogen-bond donors (Lipinski definition) is 0. The fourth-order valence-electron chi connectivity index (χ4n) is 1.90. The van der Waals surface area contributed by atoms with Crippen molar-refractivity contribution in [2.75, 3.05) is 20.0 Å². The summed E-state index contributed by atoms with van der Waals surface area (Å²) < 4.78 is 4.65. The topological polar surface area (TPSA) is 47.9 Å². The van der Waals surface area contributed by atoms with Crippen LogP contribution in [-0.2, 0) is 14.4 Å². The average Bonchev–Trinajstić information content (AvgIpc) is 2.52. The number of esters is 1. The molecule has 2 rings (SSSR count). The lowest BCUT2D eigenvalue weighted by molar-refractivity contribution is -0.139. The maximum Gasteiger partial charge on any atom is 0.311 e. The van der Waals surface area contributed by atoms with E-state index in [1.165, 1.54) is 25.0 Å². The van der Waals surface area contributed by atoms with Crippen molar-refractivity contribution in [2.45, 2.75) is 11.3 Å². The fraction of sp³-hybridized carbons (Fsp3) is 0.250. The first-order chi connectivity index (χ1) is 10.2. The summed E-state index contributed by atoms with van der Waals surface area (Å²) in [5.41, 5.74) is 0.655. The van der Waals surface area contributed by atoms with Crippen LogP contribution in [-0.4, -0.2) is 31.7 Å². The Balaban J connectivity index is 2.05. The van der Waals surface area contributed by atoms with Crippen molar-refractivity contribution < 1.29 is 14.4 Å². The van der Waals surface area contributed by atoms with Crippen molar-refractivity contribution in [3.63, 3.8) is 0 Å². The standard InChI is InChI=1S/C16H17NO3S/c1-19-16(18)10-14(17-20-2)11-21-15-8-7-12-5-3-4-6-13(12)9-15/h3-9H,10-11H2,1-2H3. The lowest BCUT2D eigenvalue weighted by Crippen LogP contribution is -2.12. The molecule has 0 fully saturated rings. The minimum Gasteiger partial charge on any atom is -0.469 e. The van der Waals surface area contributed by atoms with Crippen LogP contribution in [0.15, 0.2) is 52.5 Å². The third-order valence-corrected chi connectivity index (χ3v) is 3.99. The number of carbonyl (C=O) groups excluding carboxylic acids is 1. The second kappa shape index (κ2) is 7.69. The second-order valence-corrected chi connectivity index (χ2v) is 5.44. The van der Waals surface area contributed by atoms with E-state index < -0.39 is 0 Å². The van der Waals surface area contributed by atoms with Crippen LogP contribution in [0.25, 0.3) is 10.8 Å². The first kappa shape index (κ1) is 15.4. The van der Waals surface area contributed by atoms with Crippen molar-refractivity contribution >= 4 is 34.2 Å². The van der Waals surface area contributed by atoms with Gasteiger partial charge in [-0.15, -0.1) is 11.8 Å². The molecule has 5 heteroatoms. The Morgan fingerprint density at radius 1 is 1.14 bits per heavy atom. The summed E-state index contributed by atoms with van der Waals surface area (Å²) in [6, 6.07) is 14.5. The van der Waals surface area contributed by atoms with Gasteiger partial charge >= 0.3 is 5.97 Å². The zero-order valence-corrected chi connectivity index (χ0v) is 12.9. The van der Waals surface area contributed by atoms with Crippen molar-refractivity contribution in [2.24, 2.45) is 5.16 Å². The zero-order chi connectivity index (χ0) is 15.1. The zero-order valence-electron chi connectivity index (χ0n) is 12.0. The molecule has 0 amide bonds. The van der Waals surface area contributed by atoms with Crippen molar-refractivity contribution in [1.82, 2.24) is 0 Å². The number of fused-ring (bicyclic) bond motifs is 1. The highest BCUT2D eigenvalue weighted by Gasteiger charge is 2.09. The molecule has 0 aliphatic rings. The summed E-state index contributed by atoms with van der Waals surface area (Å²) in [6.45, 7) is 0. The van der Waals surface area contributed by atoms with Gasteiger partial charge in [-0.1, -0.05) is 35.5 Å². The monoisotopic (exact) mass is 303 g/mol. The van der Waals surface area contributed by atoms with Gasteiger partial charge in [-0.05, 0) is 22.9 Å². The van der Waals surface area contributed by atoms with Gasteiger partial charge in [0.2, 0.25) is 0 Å². The van der Waals surface area contributed by atoms with E-state index in [4.69, 9.17) is 4.84 Å². The Hall–Kier alpha value is -2.01. The molecule has 21 heavy (non-hydrogen) atoms. The molecule has 0 atom stereocenters. The molecule has 0 aliphatic carbocycles. The highest BCUT2D eigenvalue weighted by atomic mass is 32.2. The number of methoxy groups -OCH3 is 1. The number of hydrogen-bond acceptors (Lipinski definition) is 5. The number of oxime groups is 1. The molecule has 2 aromatic rings. The molecule has 0 bridgehead atoms. The minimum atomic E-state index is -0.315. The Kier molecular flexibility index (Phi) is 5.63. The molecule has 0 aromatic heterocycles. The molecule has 0 spiro atoms. The van der Waals surface area contributed by atoms with Crippen LogP contribution in [0.5, 0.6) is 0 Å². The SMILES string of the molecule is CON=C(CSc1ccc2ccccc2c1)CC(=O)OC. The quantitative estimate of drug-likeness (QED) is 0.355. The van der Waals surface area contributed by atoms with E-state index in [1.807, 2.05) is 12.1 Å². The summed E-state index contributed by atoms with van der Waals surface area (Å²) >= 11 is 1.62. The average molecular weight is 303 g/mol.